The van der Waals surface area contributed by atoms with Crippen LogP contribution in [0.2, 0.25) is 0 Å². The van der Waals surface area contributed by atoms with Crippen molar-refractivity contribution in [2.45, 2.75) is 0 Å². The summed E-state index contributed by atoms with van der Waals surface area (Å²) in [4.78, 5) is 38.7. The lowest BCUT2D eigenvalue weighted by atomic mass is 10.0. The van der Waals surface area contributed by atoms with E-state index < -0.39 is 17.3 Å². The first kappa shape index (κ1) is 19.1. The molecule has 0 bridgehead atoms. The van der Waals surface area contributed by atoms with Crippen LogP contribution in [0.15, 0.2) is 73.0 Å². The maximum absolute atomic E-state index is 12.6. The number of ether oxygens (including phenoxy) is 2. The topological polar surface area (TPSA) is 99.2 Å². The van der Waals surface area contributed by atoms with Crippen molar-refractivity contribution in [3.63, 3.8) is 0 Å². The molecule has 0 spiro atoms. The highest BCUT2D eigenvalue weighted by molar-refractivity contribution is 5.95. The van der Waals surface area contributed by atoms with Crippen LogP contribution in [-0.2, 0) is 4.74 Å². The molecule has 0 saturated carbocycles. The Morgan fingerprint density at radius 3 is 2.52 bits per heavy atom. The molecule has 1 fully saturated rings. The average Bonchev–Trinajstić information content (AvgIpc) is 2.78. The van der Waals surface area contributed by atoms with Gasteiger partial charge in [0.25, 0.3) is 0 Å². The van der Waals surface area contributed by atoms with Gasteiger partial charge in [-0.25, -0.2) is 14.4 Å². The molecule has 0 aliphatic carbocycles. The van der Waals surface area contributed by atoms with Crippen molar-refractivity contribution in [3.05, 3.63) is 75.4 Å². The molecule has 1 amide bonds. The number of rotatable bonds is 2. The molecule has 1 aliphatic heterocycles. The van der Waals surface area contributed by atoms with Crippen LogP contribution in [0.3, 0.4) is 0 Å². The molecule has 0 radical (unpaired) electrons. The van der Waals surface area contributed by atoms with Crippen molar-refractivity contribution in [1.29, 1.82) is 0 Å². The molecule has 0 N–H and O–H groups in total. The molecule has 0 atom stereocenters. The van der Waals surface area contributed by atoms with Crippen LogP contribution >= 0.6 is 0 Å². The Morgan fingerprint density at radius 2 is 1.68 bits per heavy atom. The second-order valence-electron chi connectivity index (χ2n) is 7.09. The maximum atomic E-state index is 12.6. The smallest absolute Gasteiger partial charge is 0.415 e. The summed E-state index contributed by atoms with van der Waals surface area (Å²) in [5.41, 5.74) is 0.0924. The van der Waals surface area contributed by atoms with E-state index in [1.807, 2.05) is 12.1 Å². The molecule has 8 nitrogen and oxygen atoms in total. The van der Waals surface area contributed by atoms with E-state index in [-0.39, 0.29) is 16.9 Å². The number of fused-ring (bicyclic) bond motifs is 2. The number of morpholine rings is 1. The highest BCUT2D eigenvalue weighted by Gasteiger charge is 2.20. The van der Waals surface area contributed by atoms with Gasteiger partial charge in [0.05, 0.1) is 18.8 Å². The van der Waals surface area contributed by atoms with Gasteiger partial charge in [-0.2, -0.15) is 0 Å². The van der Waals surface area contributed by atoms with E-state index in [0.29, 0.717) is 42.8 Å². The van der Waals surface area contributed by atoms with Crippen molar-refractivity contribution >= 4 is 28.0 Å². The summed E-state index contributed by atoms with van der Waals surface area (Å²) in [6, 6.07) is 14.8. The first-order valence-electron chi connectivity index (χ1n) is 9.74. The minimum atomic E-state index is -0.633. The van der Waals surface area contributed by atoms with Crippen LogP contribution in [0.25, 0.3) is 33.1 Å². The third kappa shape index (κ3) is 3.69. The Bertz CT molecular complexity index is 1410. The fraction of sp³-hybridized carbons (Fsp3) is 0.174. The lowest BCUT2D eigenvalue weighted by Gasteiger charge is -2.25. The highest BCUT2D eigenvalue weighted by Crippen LogP contribution is 2.30. The monoisotopic (exact) mass is 419 g/mol. The summed E-state index contributed by atoms with van der Waals surface area (Å²) < 4.78 is 21.4. The standard InChI is InChI=1S/C23H17NO7/c25-21-13-17(18-11-14-3-1-2-4-19(14)31-22(18)26)16-6-5-15(12-20(16)30-21)29-23(27)24-7-9-28-10-8-24/h1-6,11-13H,7-10H2. The Morgan fingerprint density at radius 1 is 0.871 bits per heavy atom. The first-order valence-corrected chi connectivity index (χ1v) is 9.74. The molecule has 156 valence electrons. The van der Waals surface area contributed by atoms with Crippen molar-refractivity contribution in [2.24, 2.45) is 0 Å². The van der Waals surface area contributed by atoms with Gasteiger partial charge in [-0.3, -0.25) is 0 Å². The zero-order valence-corrected chi connectivity index (χ0v) is 16.3. The summed E-state index contributed by atoms with van der Waals surface area (Å²) in [5, 5.41) is 1.25. The molecule has 4 aromatic rings. The van der Waals surface area contributed by atoms with Crippen molar-refractivity contribution in [2.75, 3.05) is 26.3 Å². The van der Waals surface area contributed by atoms with Crippen LogP contribution in [0.5, 0.6) is 5.75 Å². The maximum Gasteiger partial charge on any atom is 0.415 e. The molecule has 5 rings (SSSR count). The van der Waals surface area contributed by atoms with Crippen LogP contribution < -0.4 is 16.0 Å². The van der Waals surface area contributed by atoms with E-state index in [1.165, 1.54) is 12.1 Å². The minimum absolute atomic E-state index is 0.197. The molecule has 2 aromatic heterocycles. The second kappa shape index (κ2) is 7.73. The van der Waals surface area contributed by atoms with Gasteiger partial charge >= 0.3 is 17.3 Å². The number of carbonyl (C=O) groups excluding carboxylic acids is 1. The molecule has 2 aromatic carbocycles. The van der Waals surface area contributed by atoms with Gasteiger partial charge in [-0.05, 0) is 24.3 Å². The molecule has 0 unspecified atom stereocenters. The summed E-state index contributed by atoms with van der Waals surface area (Å²) in [6.07, 6.45) is -0.503. The predicted octanol–water partition coefficient (Wildman–Crippen LogP) is 3.40. The summed E-state index contributed by atoms with van der Waals surface area (Å²) in [7, 11) is 0. The Kier molecular flexibility index (Phi) is 4.76. The average molecular weight is 419 g/mol. The van der Waals surface area contributed by atoms with Crippen LogP contribution in [0.4, 0.5) is 4.79 Å². The Hall–Kier alpha value is -3.91. The minimum Gasteiger partial charge on any atom is -0.423 e. The zero-order chi connectivity index (χ0) is 21.4. The number of benzene rings is 2. The summed E-state index contributed by atoms with van der Waals surface area (Å²) in [6.45, 7) is 1.81. The second-order valence-corrected chi connectivity index (χ2v) is 7.09. The molecular weight excluding hydrogens is 402 g/mol. The Balaban J connectivity index is 1.56. The van der Waals surface area contributed by atoms with Gasteiger partial charge < -0.3 is 23.2 Å². The van der Waals surface area contributed by atoms with Gasteiger partial charge in [0, 0.05) is 41.6 Å². The van der Waals surface area contributed by atoms with E-state index in [0.717, 1.165) is 5.39 Å². The zero-order valence-electron chi connectivity index (χ0n) is 16.3. The molecule has 1 saturated heterocycles. The van der Waals surface area contributed by atoms with Crippen LogP contribution in [-0.4, -0.2) is 37.3 Å². The molecular formula is C23H17NO7. The normalized spacial score (nSPS) is 14.1. The van der Waals surface area contributed by atoms with Crippen LogP contribution in [0, 0.1) is 0 Å². The Labute approximate surface area is 175 Å². The summed E-state index contributed by atoms with van der Waals surface area (Å²) >= 11 is 0. The van der Waals surface area contributed by atoms with E-state index in [4.69, 9.17) is 18.3 Å². The summed E-state index contributed by atoms with van der Waals surface area (Å²) in [5.74, 6) is 0.231. The van der Waals surface area contributed by atoms with Gasteiger partial charge in [0.2, 0.25) is 0 Å². The highest BCUT2D eigenvalue weighted by atomic mass is 16.6. The van der Waals surface area contributed by atoms with Gasteiger partial charge in [0.15, 0.2) is 0 Å². The fourth-order valence-electron chi connectivity index (χ4n) is 3.59. The number of amides is 1. The van der Waals surface area contributed by atoms with E-state index in [2.05, 4.69) is 0 Å². The number of nitrogens with zero attached hydrogens (tertiary/aromatic N) is 1. The van der Waals surface area contributed by atoms with Crippen molar-refractivity contribution in [3.8, 4) is 16.9 Å². The molecule has 8 heteroatoms. The molecule has 3 heterocycles. The molecule has 31 heavy (non-hydrogen) atoms. The van der Waals surface area contributed by atoms with E-state index >= 15 is 0 Å². The van der Waals surface area contributed by atoms with Crippen LogP contribution in [0.1, 0.15) is 0 Å². The predicted molar refractivity (Wildman–Crippen MR) is 112 cm³/mol. The van der Waals surface area contributed by atoms with Crippen molar-refractivity contribution < 1.29 is 23.1 Å². The third-order valence-corrected chi connectivity index (χ3v) is 5.12. The lowest BCUT2D eigenvalue weighted by molar-refractivity contribution is 0.0416. The number of hydrogen-bond donors (Lipinski definition) is 0. The largest absolute Gasteiger partial charge is 0.423 e. The fourth-order valence-corrected chi connectivity index (χ4v) is 3.59. The SMILES string of the molecule is O=C(Oc1ccc2c(-c3cc4ccccc4oc3=O)cc(=O)oc2c1)N1CCOCC1. The van der Waals surface area contributed by atoms with Gasteiger partial charge in [-0.1, -0.05) is 18.2 Å². The van der Waals surface area contributed by atoms with Gasteiger partial charge in [0.1, 0.15) is 16.9 Å². The number of hydrogen-bond acceptors (Lipinski definition) is 7. The van der Waals surface area contributed by atoms with Crippen molar-refractivity contribution in [1.82, 2.24) is 4.90 Å². The van der Waals surface area contributed by atoms with Gasteiger partial charge in [-0.15, -0.1) is 0 Å². The lowest BCUT2D eigenvalue weighted by Crippen LogP contribution is -2.42. The van der Waals surface area contributed by atoms with E-state index in [1.54, 1.807) is 35.2 Å². The third-order valence-electron chi connectivity index (χ3n) is 5.12. The molecule has 1 aliphatic rings. The first-order chi connectivity index (χ1) is 15.1. The number of carbonyl (C=O) groups is 1. The number of para-hydroxylation sites is 1. The van der Waals surface area contributed by atoms with E-state index in [9.17, 15) is 14.4 Å². The quantitative estimate of drug-likeness (QED) is 0.459.